The van der Waals surface area contributed by atoms with Gasteiger partial charge in [0.2, 0.25) is 0 Å². The molecule has 0 fully saturated rings. The number of nitrogens with two attached hydrogens (primary N) is 1. The minimum absolute atomic E-state index is 0.0518. The fourth-order valence-corrected chi connectivity index (χ4v) is 1.23. The number of ether oxygens (including phenoxy) is 1. The third-order valence-corrected chi connectivity index (χ3v) is 1.90. The van der Waals surface area contributed by atoms with E-state index < -0.39 is 5.97 Å². The largest absolute Gasteiger partial charge is 0.464 e. The van der Waals surface area contributed by atoms with E-state index in [1.54, 1.807) is 17.8 Å². The lowest BCUT2D eigenvalue weighted by molar-refractivity contribution is 0.0593. The SMILES string of the molecule is COC(=O)c1cc(C[C@@H](C)N)n(C)n1. The molecule has 78 valence electrons. The second kappa shape index (κ2) is 4.23. The highest BCUT2D eigenvalue weighted by Crippen LogP contribution is 2.06. The van der Waals surface area contributed by atoms with Crippen molar-refractivity contribution in [2.45, 2.75) is 19.4 Å². The normalized spacial score (nSPS) is 12.6. The summed E-state index contributed by atoms with van der Waals surface area (Å²) in [4.78, 5) is 11.1. The van der Waals surface area contributed by atoms with E-state index in [4.69, 9.17) is 5.73 Å². The van der Waals surface area contributed by atoms with Crippen LogP contribution >= 0.6 is 0 Å². The summed E-state index contributed by atoms with van der Waals surface area (Å²) in [5.74, 6) is -0.420. The van der Waals surface area contributed by atoms with Crippen molar-refractivity contribution in [1.29, 1.82) is 0 Å². The van der Waals surface area contributed by atoms with Gasteiger partial charge in [-0.1, -0.05) is 0 Å². The Hall–Kier alpha value is -1.36. The van der Waals surface area contributed by atoms with E-state index in [9.17, 15) is 4.79 Å². The molecule has 0 saturated heterocycles. The number of hydrogen-bond donors (Lipinski definition) is 1. The molecule has 0 aromatic carbocycles. The Morgan fingerprint density at radius 1 is 1.79 bits per heavy atom. The van der Waals surface area contributed by atoms with E-state index in [1.165, 1.54) is 7.11 Å². The van der Waals surface area contributed by atoms with Crippen LogP contribution in [0.5, 0.6) is 0 Å². The lowest BCUT2D eigenvalue weighted by Crippen LogP contribution is -2.19. The Morgan fingerprint density at radius 2 is 2.43 bits per heavy atom. The van der Waals surface area contributed by atoms with Crippen molar-refractivity contribution in [2.24, 2.45) is 12.8 Å². The van der Waals surface area contributed by atoms with Gasteiger partial charge in [-0.15, -0.1) is 0 Å². The fourth-order valence-electron chi connectivity index (χ4n) is 1.23. The molecule has 0 saturated carbocycles. The Labute approximate surface area is 82.8 Å². The zero-order valence-corrected chi connectivity index (χ0v) is 8.65. The van der Waals surface area contributed by atoms with Gasteiger partial charge in [0, 0.05) is 25.2 Å². The summed E-state index contributed by atoms with van der Waals surface area (Å²) >= 11 is 0. The van der Waals surface area contributed by atoms with Crippen molar-refractivity contribution in [2.75, 3.05) is 7.11 Å². The summed E-state index contributed by atoms with van der Waals surface area (Å²) in [5.41, 5.74) is 6.91. The van der Waals surface area contributed by atoms with Crippen LogP contribution in [0.2, 0.25) is 0 Å². The molecule has 5 heteroatoms. The van der Waals surface area contributed by atoms with E-state index >= 15 is 0 Å². The standard InChI is InChI=1S/C9H15N3O2/c1-6(10)4-7-5-8(9(13)14-3)11-12(7)2/h5-6H,4,10H2,1-3H3/t6-/m1/s1. The highest BCUT2D eigenvalue weighted by atomic mass is 16.5. The summed E-state index contributed by atoms with van der Waals surface area (Å²) in [6.07, 6.45) is 0.695. The molecule has 1 atom stereocenters. The molecule has 0 spiro atoms. The molecule has 1 aromatic heterocycles. The van der Waals surface area contributed by atoms with E-state index in [2.05, 4.69) is 9.84 Å². The van der Waals surface area contributed by atoms with E-state index in [1.807, 2.05) is 6.92 Å². The second-order valence-electron chi connectivity index (χ2n) is 3.32. The molecule has 0 amide bonds. The Bertz CT molecular complexity index is 331. The smallest absolute Gasteiger partial charge is 0.358 e. The predicted octanol–water partition coefficient (Wildman–Crippen LogP) is 0.0964. The van der Waals surface area contributed by atoms with Crippen molar-refractivity contribution in [3.63, 3.8) is 0 Å². The van der Waals surface area contributed by atoms with Crippen LogP contribution in [0, 0.1) is 0 Å². The average Bonchev–Trinajstić information content (AvgIpc) is 2.46. The van der Waals surface area contributed by atoms with Crippen LogP contribution in [0.3, 0.4) is 0 Å². The maximum Gasteiger partial charge on any atom is 0.358 e. The maximum atomic E-state index is 11.1. The van der Waals surface area contributed by atoms with Crippen molar-refractivity contribution in [3.8, 4) is 0 Å². The minimum atomic E-state index is -0.420. The van der Waals surface area contributed by atoms with Gasteiger partial charge in [-0.2, -0.15) is 5.10 Å². The number of carbonyl (C=O) groups is 1. The molecule has 0 radical (unpaired) electrons. The molecule has 1 heterocycles. The lowest BCUT2D eigenvalue weighted by Gasteiger charge is -2.03. The van der Waals surface area contributed by atoms with Gasteiger partial charge >= 0.3 is 5.97 Å². The zero-order chi connectivity index (χ0) is 10.7. The summed E-state index contributed by atoms with van der Waals surface area (Å²) in [6.45, 7) is 1.91. The van der Waals surface area contributed by atoms with Gasteiger partial charge in [0.1, 0.15) is 0 Å². The molecule has 14 heavy (non-hydrogen) atoms. The number of hydrogen-bond acceptors (Lipinski definition) is 4. The fraction of sp³-hybridized carbons (Fsp3) is 0.556. The minimum Gasteiger partial charge on any atom is -0.464 e. The third-order valence-electron chi connectivity index (χ3n) is 1.90. The molecule has 0 unspecified atom stereocenters. The Kier molecular flexibility index (Phi) is 3.24. The van der Waals surface area contributed by atoms with Gasteiger partial charge in [-0.3, -0.25) is 4.68 Å². The van der Waals surface area contributed by atoms with Gasteiger partial charge in [-0.05, 0) is 13.0 Å². The van der Waals surface area contributed by atoms with Gasteiger partial charge in [-0.25, -0.2) is 4.79 Å². The quantitative estimate of drug-likeness (QED) is 0.697. The highest BCUT2D eigenvalue weighted by molar-refractivity contribution is 5.87. The number of esters is 1. The summed E-state index contributed by atoms with van der Waals surface area (Å²) in [6, 6.07) is 1.76. The summed E-state index contributed by atoms with van der Waals surface area (Å²) in [5, 5.41) is 4.02. The van der Waals surface area contributed by atoms with Gasteiger partial charge in [0.15, 0.2) is 5.69 Å². The van der Waals surface area contributed by atoms with Crippen molar-refractivity contribution in [1.82, 2.24) is 9.78 Å². The molecule has 0 aliphatic carbocycles. The van der Waals surface area contributed by atoms with E-state index in [0.29, 0.717) is 12.1 Å². The number of carbonyl (C=O) groups excluding carboxylic acids is 1. The molecule has 0 bridgehead atoms. The van der Waals surface area contributed by atoms with Gasteiger partial charge in [0.05, 0.1) is 7.11 Å². The predicted molar refractivity (Wildman–Crippen MR) is 51.9 cm³/mol. The van der Waals surface area contributed by atoms with Crippen molar-refractivity contribution < 1.29 is 9.53 Å². The molecular weight excluding hydrogens is 182 g/mol. The summed E-state index contributed by atoms with van der Waals surface area (Å²) in [7, 11) is 3.12. The molecule has 1 rings (SSSR count). The van der Waals surface area contributed by atoms with Crippen LogP contribution in [0.4, 0.5) is 0 Å². The zero-order valence-electron chi connectivity index (χ0n) is 8.65. The number of aryl methyl sites for hydroxylation is 1. The van der Waals surface area contributed by atoms with Gasteiger partial charge < -0.3 is 10.5 Å². The Morgan fingerprint density at radius 3 is 2.93 bits per heavy atom. The van der Waals surface area contributed by atoms with Gasteiger partial charge in [0.25, 0.3) is 0 Å². The van der Waals surface area contributed by atoms with Crippen molar-refractivity contribution >= 4 is 5.97 Å². The first-order valence-electron chi connectivity index (χ1n) is 4.41. The molecular formula is C9H15N3O2. The average molecular weight is 197 g/mol. The van der Waals surface area contributed by atoms with Crippen LogP contribution in [-0.4, -0.2) is 28.9 Å². The first kappa shape index (κ1) is 10.7. The molecule has 0 aliphatic heterocycles. The second-order valence-corrected chi connectivity index (χ2v) is 3.32. The molecule has 5 nitrogen and oxygen atoms in total. The molecule has 2 N–H and O–H groups in total. The number of methoxy groups -OCH3 is 1. The first-order valence-corrected chi connectivity index (χ1v) is 4.41. The van der Waals surface area contributed by atoms with Crippen LogP contribution in [0.15, 0.2) is 6.07 Å². The van der Waals surface area contributed by atoms with Crippen LogP contribution in [0.1, 0.15) is 23.1 Å². The van der Waals surface area contributed by atoms with Crippen LogP contribution in [0.25, 0.3) is 0 Å². The number of aromatic nitrogens is 2. The maximum absolute atomic E-state index is 11.1. The number of rotatable bonds is 3. The Balaban J connectivity index is 2.87. The van der Waals surface area contributed by atoms with Crippen LogP contribution < -0.4 is 5.73 Å². The molecule has 1 aromatic rings. The highest BCUT2D eigenvalue weighted by Gasteiger charge is 2.13. The van der Waals surface area contributed by atoms with Crippen LogP contribution in [-0.2, 0) is 18.2 Å². The van der Waals surface area contributed by atoms with E-state index in [0.717, 1.165) is 5.69 Å². The van der Waals surface area contributed by atoms with Crippen molar-refractivity contribution in [3.05, 3.63) is 17.5 Å². The monoisotopic (exact) mass is 197 g/mol. The number of nitrogens with zero attached hydrogens (tertiary/aromatic N) is 2. The molecule has 0 aliphatic rings. The first-order chi connectivity index (χ1) is 6.54. The topological polar surface area (TPSA) is 70.1 Å². The lowest BCUT2D eigenvalue weighted by atomic mass is 10.2. The summed E-state index contributed by atoms with van der Waals surface area (Å²) < 4.78 is 6.21. The van der Waals surface area contributed by atoms with E-state index in [-0.39, 0.29) is 6.04 Å². The third kappa shape index (κ3) is 2.32.